The van der Waals surface area contributed by atoms with E-state index in [-0.39, 0.29) is 24.8 Å². The summed E-state index contributed by atoms with van der Waals surface area (Å²) in [5.41, 5.74) is 2.81. The zero-order valence-electron chi connectivity index (χ0n) is 13.5. The number of aromatic amines is 1. The van der Waals surface area contributed by atoms with Crippen LogP contribution in [0.5, 0.6) is 0 Å². The smallest absolute Gasteiger partial charge is 0.0457 e. The van der Waals surface area contributed by atoms with Crippen LogP contribution in [0.3, 0.4) is 0 Å². The van der Waals surface area contributed by atoms with Gasteiger partial charge < -0.3 is 10.3 Å². The van der Waals surface area contributed by atoms with Crippen LogP contribution in [0.1, 0.15) is 37.3 Å². The summed E-state index contributed by atoms with van der Waals surface area (Å²) in [6.45, 7) is 4.62. The lowest BCUT2D eigenvalue weighted by molar-refractivity contribution is 0.126. The Morgan fingerprint density at radius 1 is 1.00 bits per heavy atom. The third-order valence-electron chi connectivity index (χ3n) is 5.33. The Labute approximate surface area is 151 Å². The molecule has 3 nitrogen and oxygen atoms in total. The molecule has 4 rings (SSSR count). The van der Waals surface area contributed by atoms with Gasteiger partial charge in [0.1, 0.15) is 0 Å². The molecule has 2 fully saturated rings. The van der Waals surface area contributed by atoms with E-state index in [1.165, 1.54) is 55.2 Å². The van der Waals surface area contributed by atoms with Crippen molar-refractivity contribution in [3.8, 4) is 0 Å². The summed E-state index contributed by atoms with van der Waals surface area (Å²) in [4.78, 5) is 6.21. The molecule has 1 saturated carbocycles. The maximum atomic E-state index is 3.49. The highest BCUT2D eigenvalue weighted by atomic mass is 35.5. The van der Waals surface area contributed by atoms with Gasteiger partial charge in [0.25, 0.3) is 0 Å². The number of benzene rings is 1. The van der Waals surface area contributed by atoms with Crippen molar-refractivity contribution in [2.45, 2.75) is 31.7 Å². The van der Waals surface area contributed by atoms with Gasteiger partial charge in [0, 0.05) is 49.3 Å². The Bertz CT molecular complexity index is 601. The molecule has 5 heteroatoms. The van der Waals surface area contributed by atoms with Gasteiger partial charge in [-0.1, -0.05) is 31.0 Å². The monoisotopic (exact) mass is 355 g/mol. The van der Waals surface area contributed by atoms with Gasteiger partial charge in [0.15, 0.2) is 0 Å². The first-order valence-corrected chi connectivity index (χ1v) is 8.44. The second-order valence-electron chi connectivity index (χ2n) is 6.56. The predicted molar refractivity (Wildman–Crippen MR) is 102 cm³/mol. The molecule has 1 aromatic carbocycles. The van der Waals surface area contributed by atoms with Crippen LogP contribution in [0.4, 0.5) is 0 Å². The number of rotatable bonds is 3. The Balaban J connectivity index is 0.000000960. The molecule has 1 saturated heterocycles. The van der Waals surface area contributed by atoms with E-state index in [0.29, 0.717) is 6.04 Å². The van der Waals surface area contributed by atoms with Gasteiger partial charge in [-0.3, -0.25) is 4.90 Å². The van der Waals surface area contributed by atoms with E-state index in [0.717, 1.165) is 19.0 Å². The van der Waals surface area contributed by atoms with Crippen LogP contribution in [-0.4, -0.2) is 36.1 Å². The lowest BCUT2D eigenvalue weighted by Crippen LogP contribution is -2.46. The average molecular weight is 356 g/mol. The molecule has 0 unspecified atom stereocenters. The van der Waals surface area contributed by atoms with Crippen LogP contribution >= 0.6 is 24.8 Å². The molecule has 1 aliphatic heterocycles. The third kappa shape index (κ3) is 3.69. The maximum Gasteiger partial charge on any atom is 0.0457 e. The first-order valence-electron chi connectivity index (χ1n) is 8.44. The quantitative estimate of drug-likeness (QED) is 0.866. The van der Waals surface area contributed by atoms with Crippen molar-refractivity contribution in [1.82, 2.24) is 15.2 Å². The second kappa shape index (κ2) is 8.39. The molecular formula is C18H27Cl2N3. The van der Waals surface area contributed by atoms with E-state index in [9.17, 15) is 0 Å². The van der Waals surface area contributed by atoms with Gasteiger partial charge in [0.05, 0.1) is 0 Å². The van der Waals surface area contributed by atoms with Gasteiger partial charge in [-0.05, 0) is 30.4 Å². The summed E-state index contributed by atoms with van der Waals surface area (Å²) in [6, 6.07) is 9.38. The number of aromatic nitrogens is 1. The fourth-order valence-corrected chi connectivity index (χ4v) is 4.32. The molecular weight excluding hydrogens is 329 g/mol. The normalized spacial score (nSPS) is 20.9. The van der Waals surface area contributed by atoms with E-state index >= 15 is 0 Å². The highest BCUT2D eigenvalue weighted by Crippen LogP contribution is 2.41. The topological polar surface area (TPSA) is 31.1 Å². The Kier molecular flexibility index (Phi) is 6.78. The number of para-hydroxylation sites is 1. The number of nitrogens with zero attached hydrogens (tertiary/aromatic N) is 1. The van der Waals surface area contributed by atoms with Gasteiger partial charge in [-0.15, -0.1) is 24.8 Å². The van der Waals surface area contributed by atoms with Crippen LogP contribution < -0.4 is 5.32 Å². The minimum atomic E-state index is 0. The molecule has 2 aliphatic rings. The molecule has 0 bridgehead atoms. The average Bonchev–Trinajstić information content (AvgIpc) is 3.20. The van der Waals surface area contributed by atoms with Crippen LogP contribution in [0.25, 0.3) is 10.9 Å². The SMILES string of the molecule is Cl.Cl.c1ccc2c([C@H](C3CCCC3)N3CCNCC3)c[nH]c2c1. The second-order valence-corrected chi connectivity index (χ2v) is 6.56. The molecule has 1 atom stereocenters. The van der Waals surface area contributed by atoms with Crippen molar-refractivity contribution in [1.29, 1.82) is 0 Å². The molecule has 0 spiro atoms. The van der Waals surface area contributed by atoms with E-state index in [2.05, 4.69) is 45.7 Å². The van der Waals surface area contributed by atoms with Crippen LogP contribution in [-0.2, 0) is 0 Å². The van der Waals surface area contributed by atoms with Crippen molar-refractivity contribution in [3.63, 3.8) is 0 Å². The predicted octanol–water partition coefficient (Wildman–Crippen LogP) is 4.15. The van der Waals surface area contributed by atoms with Crippen LogP contribution in [0, 0.1) is 5.92 Å². The molecule has 2 N–H and O–H groups in total. The summed E-state index contributed by atoms with van der Waals surface area (Å²) in [5.74, 6) is 0.835. The first kappa shape index (κ1) is 18.6. The molecule has 1 aliphatic carbocycles. The van der Waals surface area contributed by atoms with E-state index in [4.69, 9.17) is 0 Å². The largest absolute Gasteiger partial charge is 0.361 e. The highest BCUT2D eigenvalue weighted by molar-refractivity contribution is 5.85. The fraction of sp³-hybridized carbons (Fsp3) is 0.556. The number of halogens is 2. The number of H-pyrrole nitrogens is 1. The van der Waals surface area contributed by atoms with Crippen molar-refractivity contribution >= 4 is 35.7 Å². The molecule has 0 amide bonds. The molecule has 0 radical (unpaired) electrons. The first-order chi connectivity index (χ1) is 10.4. The van der Waals surface area contributed by atoms with E-state index < -0.39 is 0 Å². The van der Waals surface area contributed by atoms with E-state index in [1.807, 2.05) is 0 Å². The minimum absolute atomic E-state index is 0. The number of nitrogens with one attached hydrogen (secondary N) is 2. The van der Waals surface area contributed by atoms with Gasteiger partial charge >= 0.3 is 0 Å². The zero-order valence-corrected chi connectivity index (χ0v) is 15.1. The summed E-state index contributed by atoms with van der Waals surface area (Å²) in [6.07, 6.45) is 7.89. The van der Waals surface area contributed by atoms with Gasteiger partial charge in [-0.2, -0.15) is 0 Å². The number of hydrogen-bond acceptors (Lipinski definition) is 2. The summed E-state index contributed by atoms with van der Waals surface area (Å²) < 4.78 is 0. The molecule has 1 aromatic heterocycles. The highest BCUT2D eigenvalue weighted by Gasteiger charge is 2.33. The van der Waals surface area contributed by atoms with Crippen LogP contribution in [0.15, 0.2) is 30.5 Å². The lowest BCUT2D eigenvalue weighted by atomic mass is 9.89. The zero-order chi connectivity index (χ0) is 14.1. The molecule has 128 valence electrons. The third-order valence-corrected chi connectivity index (χ3v) is 5.33. The van der Waals surface area contributed by atoms with E-state index in [1.54, 1.807) is 0 Å². The standard InChI is InChI=1S/C18H25N3.2ClH/c1-2-6-14(5-1)18(21-11-9-19-10-12-21)16-13-20-17-8-4-3-7-15(16)17;;/h3-4,7-8,13-14,18-20H,1-2,5-6,9-12H2;2*1H/t18-;;/m0../s1. The Morgan fingerprint density at radius 3 is 2.43 bits per heavy atom. The molecule has 23 heavy (non-hydrogen) atoms. The number of hydrogen-bond donors (Lipinski definition) is 2. The van der Waals surface area contributed by atoms with Crippen molar-refractivity contribution < 1.29 is 0 Å². The van der Waals surface area contributed by atoms with Crippen molar-refractivity contribution in [2.24, 2.45) is 5.92 Å². The Morgan fingerprint density at radius 2 is 1.70 bits per heavy atom. The van der Waals surface area contributed by atoms with Gasteiger partial charge in [-0.25, -0.2) is 0 Å². The Hall–Kier alpha value is -0.740. The number of fused-ring (bicyclic) bond motifs is 1. The number of piperazine rings is 1. The van der Waals surface area contributed by atoms with Crippen LogP contribution in [0.2, 0.25) is 0 Å². The molecule has 2 aromatic rings. The minimum Gasteiger partial charge on any atom is -0.361 e. The summed E-state index contributed by atoms with van der Waals surface area (Å²) in [5, 5.41) is 4.92. The maximum absolute atomic E-state index is 3.49. The summed E-state index contributed by atoms with van der Waals surface area (Å²) >= 11 is 0. The fourth-order valence-electron chi connectivity index (χ4n) is 4.32. The summed E-state index contributed by atoms with van der Waals surface area (Å²) in [7, 11) is 0. The van der Waals surface area contributed by atoms with Gasteiger partial charge in [0.2, 0.25) is 0 Å². The van der Waals surface area contributed by atoms with Crippen molar-refractivity contribution in [2.75, 3.05) is 26.2 Å². The molecule has 2 heterocycles. The van der Waals surface area contributed by atoms with Crippen molar-refractivity contribution in [3.05, 3.63) is 36.0 Å². The lowest BCUT2D eigenvalue weighted by Gasteiger charge is -2.38.